The maximum Gasteiger partial charge on any atom is 0.315 e. The second kappa shape index (κ2) is 6.50. The highest BCUT2D eigenvalue weighted by atomic mass is 16.2. The van der Waals surface area contributed by atoms with Gasteiger partial charge in [-0.25, -0.2) is 4.79 Å². The standard InChI is InChI=1S/C14H22N4O/c1-10-5-3-7-13(11(10)2)17-14(19)15-9-12-6-4-8-16-18-12/h4,6,8,10-11,13H,3,5,7,9H2,1-2H3,(H2,15,17,19). The van der Waals surface area contributed by atoms with Crippen LogP contribution in [0.4, 0.5) is 4.79 Å². The summed E-state index contributed by atoms with van der Waals surface area (Å²) in [6.07, 6.45) is 5.15. The number of urea groups is 1. The molecule has 1 heterocycles. The Morgan fingerprint density at radius 2 is 2.26 bits per heavy atom. The molecule has 5 heteroatoms. The van der Waals surface area contributed by atoms with Crippen LogP contribution in [0.2, 0.25) is 0 Å². The summed E-state index contributed by atoms with van der Waals surface area (Å²) in [5.74, 6) is 1.22. The molecule has 3 atom stereocenters. The van der Waals surface area contributed by atoms with Crippen LogP contribution in [0.1, 0.15) is 38.8 Å². The molecular formula is C14H22N4O. The predicted octanol–water partition coefficient (Wildman–Crippen LogP) is 2.10. The van der Waals surface area contributed by atoms with E-state index in [0.717, 1.165) is 12.1 Å². The van der Waals surface area contributed by atoms with Gasteiger partial charge < -0.3 is 10.6 Å². The Bertz CT molecular complexity index is 409. The van der Waals surface area contributed by atoms with E-state index in [2.05, 4.69) is 34.7 Å². The van der Waals surface area contributed by atoms with Crippen LogP contribution in [0.3, 0.4) is 0 Å². The molecule has 0 spiro atoms. The molecule has 1 fully saturated rings. The number of aromatic nitrogens is 2. The molecule has 5 nitrogen and oxygen atoms in total. The van der Waals surface area contributed by atoms with E-state index in [4.69, 9.17) is 0 Å². The Hall–Kier alpha value is -1.65. The number of carbonyl (C=O) groups is 1. The Labute approximate surface area is 114 Å². The van der Waals surface area contributed by atoms with Crippen molar-refractivity contribution in [2.75, 3.05) is 0 Å². The minimum absolute atomic E-state index is 0.114. The van der Waals surface area contributed by atoms with Gasteiger partial charge in [0.15, 0.2) is 0 Å². The fraction of sp³-hybridized carbons (Fsp3) is 0.643. The lowest BCUT2D eigenvalue weighted by molar-refractivity contribution is 0.195. The normalized spacial score (nSPS) is 26.7. The molecule has 1 aromatic rings. The molecule has 2 amide bonds. The van der Waals surface area contributed by atoms with Gasteiger partial charge in [0.2, 0.25) is 0 Å². The summed E-state index contributed by atoms with van der Waals surface area (Å²) in [5, 5.41) is 13.6. The average molecular weight is 262 g/mol. The molecule has 1 aromatic heterocycles. The summed E-state index contributed by atoms with van der Waals surface area (Å²) in [5.41, 5.74) is 0.766. The maximum atomic E-state index is 11.9. The van der Waals surface area contributed by atoms with Crippen LogP contribution in [0, 0.1) is 11.8 Å². The Morgan fingerprint density at radius 1 is 1.42 bits per heavy atom. The molecule has 2 rings (SSSR count). The van der Waals surface area contributed by atoms with E-state index in [1.165, 1.54) is 12.8 Å². The third-order valence-electron chi connectivity index (χ3n) is 4.08. The molecule has 19 heavy (non-hydrogen) atoms. The summed E-state index contributed by atoms with van der Waals surface area (Å²) in [7, 11) is 0. The number of nitrogens with zero attached hydrogens (tertiary/aromatic N) is 2. The summed E-state index contributed by atoms with van der Waals surface area (Å²) < 4.78 is 0. The van der Waals surface area contributed by atoms with Crippen LogP contribution < -0.4 is 10.6 Å². The summed E-state index contributed by atoms with van der Waals surface area (Å²) in [6, 6.07) is 3.83. The third-order valence-corrected chi connectivity index (χ3v) is 4.08. The molecule has 104 valence electrons. The monoisotopic (exact) mass is 262 g/mol. The Morgan fingerprint density at radius 3 is 3.00 bits per heavy atom. The van der Waals surface area contributed by atoms with E-state index in [1.807, 2.05) is 12.1 Å². The number of carbonyl (C=O) groups excluding carboxylic acids is 1. The van der Waals surface area contributed by atoms with Crippen molar-refractivity contribution in [3.63, 3.8) is 0 Å². The van der Waals surface area contributed by atoms with Crippen molar-refractivity contribution in [2.45, 2.75) is 45.7 Å². The molecule has 0 aliphatic heterocycles. The van der Waals surface area contributed by atoms with Crippen LogP contribution in [0.15, 0.2) is 18.3 Å². The van der Waals surface area contributed by atoms with Gasteiger partial charge in [-0.3, -0.25) is 0 Å². The number of nitrogens with one attached hydrogen (secondary N) is 2. The minimum atomic E-state index is -0.114. The number of amides is 2. The zero-order chi connectivity index (χ0) is 13.7. The van der Waals surface area contributed by atoms with Gasteiger partial charge >= 0.3 is 6.03 Å². The molecule has 3 unspecified atom stereocenters. The average Bonchev–Trinajstić information content (AvgIpc) is 2.43. The minimum Gasteiger partial charge on any atom is -0.335 e. The SMILES string of the molecule is CC1CCCC(NC(=O)NCc2cccnn2)C1C. The smallest absolute Gasteiger partial charge is 0.315 e. The second-order valence-corrected chi connectivity index (χ2v) is 5.42. The quantitative estimate of drug-likeness (QED) is 0.876. The number of hydrogen-bond acceptors (Lipinski definition) is 3. The van der Waals surface area contributed by atoms with E-state index < -0.39 is 0 Å². The summed E-state index contributed by atoms with van der Waals surface area (Å²) in [4.78, 5) is 11.9. The van der Waals surface area contributed by atoms with Crippen LogP contribution in [0.5, 0.6) is 0 Å². The largest absolute Gasteiger partial charge is 0.335 e. The van der Waals surface area contributed by atoms with Gasteiger partial charge in [-0.1, -0.05) is 26.7 Å². The predicted molar refractivity (Wildman–Crippen MR) is 73.4 cm³/mol. The highest BCUT2D eigenvalue weighted by Crippen LogP contribution is 2.29. The van der Waals surface area contributed by atoms with E-state index >= 15 is 0 Å². The molecule has 1 aliphatic carbocycles. The number of hydrogen-bond donors (Lipinski definition) is 2. The summed E-state index contributed by atoms with van der Waals surface area (Å²) in [6.45, 7) is 4.89. The van der Waals surface area contributed by atoms with Crippen LogP contribution in [0.25, 0.3) is 0 Å². The lowest BCUT2D eigenvalue weighted by Gasteiger charge is -2.34. The van der Waals surface area contributed by atoms with Gasteiger partial charge in [-0.15, -0.1) is 0 Å². The molecule has 0 radical (unpaired) electrons. The Balaban J connectivity index is 1.78. The van der Waals surface area contributed by atoms with E-state index in [-0.39, 0.29) is 12.1 Å². The van der Waals surface area contributed by atoms with Crippen molar-refractivity contribution >= 4 is 6.03 Å². The first kappa shape index (κ1) is 13.8. The van der Waals surface area contributed by atoms with E-state index in [9.17, 15) is 4.79 Å². The lowest BCUT2D eigenvalue weighted by atomic mass is 9.78. The van der Waals surface area contributed by atoms with Crippen molar-refractivity contribution in [1.82, 2.24) is 20.8 Å². The van der Waals surface area contributed by atoms with Gasteiger partial charge in [0.1, 0.15) is 0 Å². The van der Waals surface area contributed by atoms with Crippen molar-refractivity contribution in [3.8, 4) is 0 Å². The van der Waals surface area contributed by atoms with Gasteiger partial charge in [-0.2, -0.15) is 10.2 Å². The molecule has 2 N–H and O–H groups in total. The fourth-order valence-electron chi connectivity index (χ4n) is 2.60. The van der Waals surface area contributed by atoms with Crippen LogP contribution in [-0.2, 0) is 6.54 Å². The van der Waals surface area contributed by atoms with Gasteiger partial charge in [0, 0.05) is 12.2 Å². The highest BCUT2D eigenvalue weighted by molar-refractivity contribution is 5.74. The van der Waals surface area contributed by atoms with Crippen LogP contribution in [-0.4, -0.2) is 22.3 Å². The van der Waals surface area contributed by atoms with E-state index in [0.29, 0.717) is 18.4 Å². The summed E-state index contributed by atoms with van der Waals surface area (Å²) >= 11 is 0. The van der Waals surface area contributed by atoms with Gasteiger partial charge in [-0.05, 0) is 30.4 Å². The Kier molecular flexibility index (Phi) is 4.71. The molecule has 1 saturated carbocycles. The van der Waals surface area contributed by atoms with Gasteiger partial charge in [0.25, 0.3) is 0 Å². The van der Waals surface area contributed by atoms with E-state index in [1.54, 1.807) is 6.20 Å². The second-order valence-electron chi connectivity index (χ2n) is 5.42. The highest BCUT2D eigenvalue weighted by Gasteiger charge is 2.27. The lowest BCUT2D eigenvalue weighted by Crippen LogP contribution is -2.47. The van der Waals surface area contributed by atoms with Crippen molar-refractivity contribution in [3.05, 3.63) is 24.0 Å². The van der Waals surface area contributed by atoms with Crippen molar-refractivity contribution in [2.24, 2.45) is 11.8 Å². The number of rotatable bonds is 3. The maximum absolute atomic E-state index is 11.9. The molecule has 0 saturated heterocycles. The van der Waals surface area contributed by atoms with Crippen molar-refractivity contribution in [1.29, 1.82) is 0 Å². The zero-order valence-corrected chi connectivity index (χ0v) is 11.6. The first-order valence-electron chi connectivity index (χ1n) is 6.97. The van der Waals surface area contributed by atoms with Crippen LogP contribution >= 0.6 is 0 Å². The molecular weight excluding hydrogens is 240 g/mol. The van der Waals surface area contributed by atoms with Crippen molar-refractivity contribution < 1.29 is 4.79 Å². The zero-order valence-electron chi connectivity index (χ0n) is 11.6. The molecule has 1 aliphatic rings. The first-order valence-corrected chi connectivity index (χ1v) is 6.97. The third kappa shape index (κ3) is 3.91. The molecule has 0 aromatic carbocycles. The molecule has 0 bridgehead atoms. The van der Waals surface area contributed by atoms with Gasteiger partial charge in [0.05, 0.1) is 12.2 Å². The first-order chi connectivity index (χ1) is 9.16. The topological polar surface area (TPSA) is 66.9 Å². The fourth-order valence-corrected chi connectivity index (χ4v) is 2.60.